The van der Waals surface area contributed by atoms with Crippen LogP contribution in [0, 0.1) is 5.82 Å². The van der Waals surface area contributed by atoms with Crippen molar-refractivity contribution in [2.24, 2.45) is 0 Å². The number of hydrogen-bond donors (Lipinski definition) is 2. The number of para-hydroxylation sites is 2. The third-order valence-electron chi connectivity index (χ3n) is 4.57. The van der Waals surface area contributed by atoms with E-state index < -0.39 is 15.8 Å². The first-order valence-electron chi connectivity index (χ1n) is 9.16. The fourth-order valence-electron chi connectivity index (χ4n) is 3.03. The van der Waals surface area contributed by atoms with Crippen molar-refractivity contribution in [3.8, 4) is 23.1 Å². The van der Waals surface area contributed by atoms with Crippen LogP contribution in [0.25, 0.3) is 34.0 Å². The van der Waals surface area contributed by atoms with Crippen molar-refractivity contribution in [1.29, 1.82) is 0 Å². The Labute approximate surface area is 175 Å². The average Bonchev–Trinajstić information content (AvgIpc) is 3.45. The summed E-state index contributed by atoms with van der Waals surface area (Å²) in [5, 5.41) is 4.92. The summed E-state index contributed by atoms with van der Waals surface area (Å²) in [7, 11) is -4.02. The fraction of sp³-hybridized carbons (Fsp3) is 0. The molecule has 0 bridgehead atoms. The summed E-state index contributed by atoms with van der Waals surface area (Å²) < 4.78 is 46.4. The Bertz CT molecular complexity index is 1510. The number of hydrogen-bond acceptors (Lipinski definition) is 6. The Balaban J connectivity index is 1.42. The van der Waals surface area contributed by atoms with Crippen LogP contribution in [-0.4, -0.2) is 28.5 Å². The van der Waals surface area contributed by atoms with E-state index in [4.69, 9.17) is 4.52 Å². The zero-order valence-corrected chi connectivity index (χ0v) is 16.6. The van der Waals surface area contributed by atoms with Gasteiger partial charge in [0.25, 0.3) is 15.9 Å². The topological polar surface area (TPSA) is 114 Å². The van der Waals surface area contributed by atoms with E-state index in [0.29, 0.717) is 11.4 Å². The third-order valence-corrected chi connectivity index (χ3v) is 5.91. The molecule has 0 amide bonds. The number of aromatic amines is 1. The molecule has 0 fully saturated rings. The van der Waals surface area contributed by atoms with E-state index in [-0.39, 0.29) is 22.3 Å². The van der Waals surface area contributed by atoms with Crippen LogP contribution in [0.15, 0.2) is 82.3 Å². The number of H-pyrrole nitrogens is 1. The lowest BCUT2D eigenvalue weighted by molar-refractivity contribution is 0.431. The number of fused-ring (bicyclic) bond motifs is 1. The predicted molar refractivity (Wildman–Crippen MR) is 112 cm³/mol. The molecule has 8 nitrogen and oxygen atoms in total. The Morgan fingerprint density at radius 2 is 1.77 bits per heavy atom. The minimum absolute atomic E-state index is 0.0947. The van der Waals surface area contributed by atoms with Gasteiger partial charge in [0.15, 0.2) is 0 Å². The van der Waals surface area contributed by atoms with E-state index in [9.17, 15) is 12.8 Å². The van der Waals surface area contributed by atoms with Crippen LogP contribution in [0.5, 0.6) is 0 Å². The molecule has 5 aromatic rings. The highest BCUT2D eigenvalue weighted by Crippen LogP contribution is 2.25. The molecule has 0 aliphatic heterocycles. The Hall–Kier alpha value is -4.05. The minimum Gasteiger partial charge on any atom is -0.356 e. The number of rotatable bonds is 5. The number of sulfonamides is 1. The number of anilines is 1. The molecule has 0 radical (unpaired) electrons. The second kappa shape index (κ2) is 7.33. The highest BCUT2D eigenvalue weighted by molar-refractivity contribution is 7.92. The quantitative estimate of drug-likeness (QED) is 0.427. The van der Waals surface area contributed by atoms with Crippen LogP contribution in [-0.2, 0) is 10.0 Å². The van der Waals surface area contributed by atoms with Crippen molar-refractivity contribution < 1.29 is 17.3 Å². The van der Waals surface area contributed by atoms with Gasteiger partial charge in [-0.25, -0.2) is 17.8 Å². The van der Waals surface area contributed by atoms with Crippen molar-refractivity contribution in [2.45, 2.75) is 4.90 Å². The largest absolute Gasteiger partial charge is 0.356 e. The molecule has 0 aliphatic carbocycles. The molecule has 3 heterocycles. The zero-order valence-electron chi connectivity index (χ0n) is 15.8. The molecule has 0 aliphatic rings. The molecule has 10 heteroatoms. The summed E-state index contributed by atoms with van der Waals surface area (Å²) in [5.41, 5.74) is 1.47. The van der Waals surface area contributed by atoms with Gasteiger partial charge in [0.2, 0.25) is 5.82 Å². The zero-order chi connectivity index (χ0) is 21.4. The van der Waals surface area contributed by atoms with E-state index in [1.54, 1.807) is 6.07 Å². The molecule has 0 saturated carbocycles. The minimum atomic E-state index is -4.02. The maximum Gasteiger partial charge on any atom is 0.274 e. The molecule has 0 atom stereocenters. The maximum absolute atomic E-state index is 13.8. The molecular formula is C21H14FN5O3S. The monoisotopic (exact) mass is 435 g/mol. The van der Waals surface area contributed by atoms with Gasteiger partial charge < -0.3 is 9.51 Å². The number of pyridine rings is 1. The van der Waals surface area contributed by atoms with Gasteiger partial charge in [-0.2, -0.15) is 4.98 Å². The normalized spacial score (nSPS) is 11.6. The van der Waals surface area contributed by atoms with Crippen molar-refractivity contribution in [1.82, 2.24) is 20.1 Å². The molecule has 2 N–H and O–H groups in total. The average molecular weight is 435 g/mol. The summed E-state index contributed by atoms with van der Waals surface area (Å²) >= 11 is 0. The maximum atomic E-state index is 13.8. The van der Waals surface area contributed by atoms with Crippen molar-refractivity contribution in [2.75, 3.05) is 4.72 Å². The van der Waals surface area contributed by atoms with Crippen LogP contribution in [0.1, 0.15) is 0 Å². The Morgan fingerprint density at radius 1 is 0.968 bits per heavy atom. The second-order valence-electron chi connectivity index (χ2n) is 6.65. The summed E-state index contributed by atoms with van der Waals surface area (Å²) in [6.45, 7) is 0. The molecule has 31 heavy (non-hydrogen) atoms. The standard InChI is InChI=1S/C21H14FN5O3S/c22-15-6-2-4-8-17(15)27-31(28,29)14-11-19(23-12-14)21-25-20(26-30-21)18-10-9-13-5-1-3-7-16(13)24-18/h1-12,23,27H. The first-order valence-corrected chi connectivity index (χ1v) is 10.6. The number of nitrogens with zero attached hydrogens (tertiary/aromatic N) is 3. The lowest BCUT2D eigenvalue weighted by Gasteiger charge is -2.06. The number of halogens is 1. The summed E-state index contributed by atoms with van der Waals surface area (Å²) in [6, 6.07) is 18.2. The van der Waals surface area contributed by atoms with Gasteiger partial charge in [0, 0.05) is 11.6 Å². The molecule has 0 unspecified atom stereocenters. The van der Waals surface area contributed by atoms with E-state index in [1.165, 1.54) is 36.5 Å². The summed E-state index contributed by atoms with van der Waals surface area (Å²) in [4.78, 5) is 11.5. The van der Waals surface area contributed by atoms with Gasteiger partial charge in [-0.05, 0) is 30.3 Å². The number of benzene rings is 2. The Kier molecular flexibility index (Phi) is 4.48. The summed E-state index contributed by atoms with van der Waals surface area (Å²) in [5.74, 6) is -0.312. The number of aromatic nitrogens is 4. The van der Waals surface area contributed by atoms with Gasteiger partial charge in [0.05, 0.1) is 11.2 Å². The molecule has 0 spiro atoms. The van der Waals surface area contributed by atoms with Gasteiger partial charge in [-0.3, -0.25) is 4.72 Å². The number of nitrogens with one attached hydrogen (secondary N) is 2. The van der Waals surface area contributed by atoms with E-state index in [1.807, 2.05) is 30.3 Å². The highest BCUT2D eigenvalue weighted by Gasteiger charge is 2.21. The molecule has 2 aromatic carbocycles. The van der Waals surface area contributed by atoms with Crippen LogP contribution in [0.2, 0.25) is 0 Å². The smallest absolute Gasteiger partial charge is 0.274 e. The van der Waals surface area contributed by atoms with Gasteiger partial charge >= 0.3 is 0 Å². The van der Waals surface area contributed by atoms with Crippen molar-refractivity contribution >= 4 is 26.6 Å². The first-order chi connectivity index (χ1) is 15.0. The second-order valence-corrected chi connectivity index (χ2v) is 8.33. The van der Waals surface area contributed by atoms with Crippen LogP contribution in [0.3, 0.4) is 0 Å². The molecule has 5 rings (SSSR count). The predicted octanol–water partition coefficient (Wildman–Crippen LogP) is 4.22. The molecule has 0 saturated heterocycles. The summed E-state index contributed by atoms with van der Waals surface area (Å²) in [6.07, 6.45) is 1.26. The lowest BCUT2D eigenvalue weighted by Crippen LogP contribution is -2.13. The van der Waals surface area contributed by atoms with Crippen LogP contribution in [0.4, 0.5) is 10.1 Å². The van der Waals surface area contributed by atoms with Gasteiger partial charge in [0.1, 0.15) is 22.1 Å². The van der Waals surface area contributed by atoms with E-state index in [0.717, 1.165) is 10.9 Å². The van der Waals surface area contributed by atoms with E-state index in [2.05, 4.69) is 24.8 Å². The fourth-order valence-corrected chi connectivity index (χ4v) is 4.09. The Morgan fingerprint density at radius 3 is 2.65 bits per heavy atom. The van der Waals surface area contributed by atoms with Crippen LogP contribution >= 0.6 is 0 Å². The first kappa shape index (κ1) is 18.9. The highest BCUT2D eigenvalue weighted by atomic mass is 32.2. The third kappa shape index (κ3) is 3.64. The van der Waals surface area contributed by atoms with Crippen molar-refractivity contribution in [3.63, 3.8) is 0 Å². The molecule has 3 aromatic heterocycles. The van der Waals surface area contributed by atoms with Crippen molar-refractivity contribution in [3.05, 3.63) is 78.7 Å². The molecule has 154 valence electrons. The SMILES string of the molecule is O=S(=O)(Nc1ccccc1F)c1c[nH]c(-c2nc(-c3ccc4ccccc4n3)no2)c1. The van der Waals surface area contributed by atoms with E-state index >= 15 is 0 Å². The molecular weight excluding hydrogens is 421 g/mol. The van der Waals surface area contributed by atoms with Gasteiger partial charge in [-0.1, -0.05) is 41.6 Å². The lowest BCUT2D eigenvalue weighted by atomic mass is 10.2. The van der Waals surface area contributed by atoms with Crippen LogP contribution < -0.4 is 4.72 Å². The van der Waals surface area contributed by atoms with Gasteiger partial charge in [-0.15, -0.1) is 0 Å².